The highest BCUT2D eigenvalue weighted by molar-refractivity contribution is 5.98. The summed E-state index contributed by atoms with van der Waals surface area (Å²) in [5.41, 5.74) is 2.42. The second-order valence-corrected chi connectivity index (χ2v) is 6.62. The maximum atomic E-state index is 12.9. The number of fused-ring (bicyclic) bond motifs is 1. The van der Waals surface area contributed by atoms with Gasteiger partial charge in [0.2, 0.25) is 5.91 Å². The minimum Gasteiger partial charge on any atom is -0.326 e. The maximum absolute atomic E-state index is 12.9. The second kappa shape index (κ2) is 6.77. The number of nitrogens with one attached hydrogen (secondary N) is 1. The standard InChI is InChI=1S/C20H16F3N5O/c1-12(29)25-15-5-8-18-17(9-15)19(13-10-24-27(2)11-13)26-28(18)16-6-3-14(4-7-16)20(21,22)23/h3-11H,1-2H3,(H,25,29). The van der Waals surface area contributed by atoms with Crippen LogP contribution in [0.25, 0.3) is 27.8 Å². The van der Waals surface area contributed by atoms with Gasteiger partial charge in [-0.1, -0.05) is 0 Å². The zero-order chi connectivity index (χ0) is 20.8. The molecule has 0 atom stereocenters. The molecule has 6 nitrogen and oxygen atoms in total. The second-order valence-electron chi connectivity index (χ2n) is 6.62. The first kappa shape index (κ1) is 18.7. The average Bonchev–Trinajstić information content (AvgIpc) is 3.24. The van der Waals surface area contributed by atoms with Crippen molar-refractivity contribution in [3.8, 4) is 16.9 Å². The third kappa shape index (κ3) is 3.58. The van der Waals surface area contributed by atoms with Gasteiger partial charge in [0.1, 0.15) is 5.69 Å². The Hall–Kier alpha value is -3.62. The SMILES string of the molecule is CC(=O)Nc1ccc2c(c1)c(-c1cnn(C)c1)nn2-c1ccc(C(F)(F)F)cc1. The minimum atomic E-state index is -4.40. The number of carbonyl (C=O) groups is 1. The zero-order valence-corrected chi connectivity index (χ0v) is 15.5. The summed E-state index contributed by atoms with van der Waals surface area (Å²) in [7, 11) is 1.78. The number of carbonyl (C=O) groups excluding carboxylic acids is 1. The van der Waals surface area contributed by atoms with E-state index < -0.39 is 11.7 Å². The third-order valence-corrected chi connectivity index (χ3v) is 4.42. The molecule has 0 unspecified atom stereocenters. The zero-order valence-electron chi connectivity index (χ0n) is 15.5. The molecule has 4 aromatic rings. The van der Waals surface area contributed by atoms with Gasteiger partial charge < -0.3 is 5.32 Å². The third-order valence-electron chi connectivity index (χ3n) is 4.42. The average molecular weight is 399 g/mol. The highest BCUT2D eigenvalue weighted by Crippen LogP contribution is 2.33. The number of hydrogen-bond donors (Lipinski definition) is 1. The van der Waals surface area contributed by atoms with Crippen LogP contribution in [0.4, 0.5) is 18.9 Å². The van der Waals surface area contributed by atoms with Crippen LogP contribution in [0, 0.1) is 0 Å². The summed E-state index contributed by atoms with van der Waals surface area (Å²) in [6.45, 7) is 1.41. The van der Waals surface area contributed by atoms with E-state index in [1.165, 1.54) is 19.1 Å². The number of nitrogens with zero attached hydrogens (tertiary/aromatic N) is 4. The fraction of sp³-hybridized carbons (Fsp3) is 0.150. The van der Waals surface area contributed by atoms with E-state index in [4.69, 9.17) is 0 Å². The molecule has 0 aliphatic rings. The lowest BCUT2D eigenvalue weighted by Crippen LogP contribution is -2.06. The molecule has 0 bridgehead atoms. The van der Waals surface area contributed by atoms with Gasteiger partial charge in [0.15, 0.2) is 0 Å². The highest BCUT2D eigenvalue weighted by atomic mass is 19.4. The first-order valence-electron chi connectivity index (χ1n) is 8.69. The first-order valence-corrected chi connectivity index (χ1v) is 8.69. The van der Waals surface area contributed by atoms with E-state index in [0.717, 1.165) is 23.1 Å². The normalized spacial score (nSPS) is 11.8. The lowest BCUT2D eigenvalue weighted by atomic mass is 10.1. The van der Waals surface area contributed by atoms with Gasteiger partial charge in [0.25, 0.3) is 0 Å². The molecule has 0 aliphatic carbocycles. The van der Waals surface area contributed by atoms with Crippen LogP contribution in [0.15, 0.2) is 54.9 Å². The van der Waals surface area contributed by atoms with Crippen LogP contribution < -0.4 is 5.32 Å². The van der Waals surface area contributed by atoms with Crippen molar-refractivity contribution in [3.63, 3.8) is 0 Å². The number of anilines is 1. The molecule has 2 aromatic carbocycles. The predicted octanol–water partition coefficient (Wildman–Crippen LogP) is 4.40. The Bertz CT molecular complexity index is 1210. The lowest BCUT2D eigenvalue weighted by molar-refractivity contribution is -0.137. The van der Waals surface area contributed by atoms with Crippen LogP contribution in [-0.4, -0.2) is 25.5 Å². The number of hydrogen-bond acceptors (Lipinski definition) is 3. The van der Waals surface area contributed by atoms with Crippen molar-refractivity contribution in [2.75, 3.05) is 5.32 Å². The summed E-state index contributed by atoms with van der Waals surface area (Å²) >= 11 is 0. The predicted molar refractivity (Wildman–Crippen MR) is 103 cm³/mol. The Morgan fingerprint density at radius 2 is 1.83 bits per heavy atom. The van der Waals surface area contributed by atoms with Gasteiger partial charge >= 0.3 is 6.18 Å². The van der Waals surface area contributed by atoms with Crippen molar-refractivity contribution >= 4 is 22.5 Å². The topological polar surface area (TPSA) is 64.7 Å². The van der Waals surface area contributed by atoms with E-state index >= 15 is 0 Å². The fourth-order valence-corrected chi connectivity index (χ4v) is 3.14. The molecule has 2 aromatic heterocycles. The Morgan fingerprint density at radius 3 is 2.41 bits per heavy atom. The summed E-state index contributed by atoms with van der Waals surface area (Å²) in [6, 6.07) is 10.1. The number of aryl methyl sites for hydroxylation is 1. The van der Waals surface area contributed by atoms with Crippen molar-refractivity contribution in [2.45, 2.75) is 13.1 Å². The smallest absolute Gasteiger partial charge is 0.326 e. The molecule has 0 spiro atoms. The van der Waals surface area contributed by atoms with Crippen LogP contribution in [0.5, 0.6) is 0 Å². The molecule has 2 heterocycles. The summed E-state index contributed by atoms with van der Waals surface area (Å²) in [4.78, 5) is 11.4. The van der Waals surface area contributed by atoms with Crippen LogP contribution in [0.1, 0.15) is 12.5 Å². The van der Waals surface area contributed by atoms with Crippen molar-refractivity contribution < 1.29 is 18.0 Å². The lowest BCUT2D eigenvalue weighted by Gasteiger charge is -2.08. The van der Waals surface area contributed by atoms with Gasteiger partial charge in [-0.2, -0.15) is 23.4 Å². The van der Waals surface area contributed by atoms with Crippen LogP contribution in [0.3, 0.4) is 0 Å². The number of rotatable bonds is 3. The molecule has 4 rings (SSSR count). The van der Waals surface area contributed by atoms with Gasteiger partial charge in [-0.05, 0) is 42.5 Å². The number of aromatic nitrogens is 4. The first-order chi connectivity index (χ1) is 13.7. The van der Waals surface area contributed by atoms with Gasteiger partial charge in [-0.3, -0.25) is 9.48 Å². The van der Waals surface area contributed by atoms with E-state index in [9.17, 15) is 18.0 Å². The Morgan fingerprint density at radius 1 is 1.10 bits per heavy atom. The molecule has 0 radical (unpaired) electrons. The molecule has 148 valence electrons. The summed E-state index contributed by atoms with van der Waals surface area (Å²) in [5, 5.41) is 12.3. The van der Waals surface area contributed by atoms with Crippen molar-refractivity contribution in [1.29, 1.82) is 0 Å². The molecular weight excluding hydrogens is 383 g/mol. The number of alkyl halides is 3. The fourth-order valence-electron chi connectivity index (χ4n) is 3.14. The Balaban J connectivity index is 1.89. The van der Waals surface area contributed by atoms with Gasteiger partial charge in [-0.15, -0.1) is 0 Å². The van der Waals surface area contributed by atoms with Crippen LogP contribution in [-0.2, 0) is 18.0 Å². The van der Waals surface area contributed by atoms with Gasteiger partial charge in [-0.25, -0.2) is 4.68 Å². The quantitative estimate of drug-likeness (QED) is 0.555. The molecule has 0 saturated heterocycles. The summed E-state index contributed by atoms with van der Waals surface area (Å²) in [5.74, 6) is -0.206. The van der Waals surface area contributed by atoms with Crippen molar-refractivity contribution in [2.24, 2.45) is 7.05 Å². The van der Waals surface area contributed by atoms with E-state index in [2.05, 4.69) is 15.5 Å². The molecule has 1 amide bonds. The molecule has 29 heavy (non-hydrogen) atoms. The molecule has 1 N–H and O–H groups in total. The largest absolute Gasteiger partial charge is 0.416 e. The molecular formula is C20H16F3N5O. The number of benzene rings is 2. The van der Waals surface area contributed by atoms with E-state index in [1.807, 2.05) is 0 Å². The number of amides is 1. The van der Waals surface area contributed by atoms with Crippen LogP contribution >= 0.6 is 0 Å². The van der Waals surface area contributed by atoms with E-state index in [-0.39, 0.29) is 5.91 Å². The Kier molecular flexibility index (Phi) is 4.37. The monoisotopic (exact) mass is 399 g/mol. The molecule has 0 saturated carbocycles. The highest BCUT2D eigenvalue weighted by Gasteiger charge is 2.30. The van der Waals surface area contributed by atoms with Crippen molar-refractivity contribution in [1.82, 2.24) is 19.6 Å². The van der Waals surface area contributed by atoms with Crippen molar-refractivity contribution in [3.05, 3.63) is 60.4 Å². The Labute approximate surface area is 163 Å². The summed E-state index contributed by atoms with van der Waals surface area (Å²) < 4.78 is 41.9. The van der Waals surface area contributed by atoms with Gasteiger partial charge in [0.05, 0.1) is 23.0 Å². The van der Waals surface area contributed by atoms with E-state index in [0.29, 0.717) is 22.6 Å². The summed E-state index contributed by atoms with van der Waals surface area (Å²) in [6.07, 6.45) is -0.952. The maximum Gasteiger partial charge on any atom is 0.416 e. The molecule has 9 heteroatoms. The molecule has 0 fully saturated rings. The molecule has 0 aliphatic heterocycles. The van der Waals surface area contributed by atoms with Gasteiger partial charge in [0, 0.05) is 36.8 Å². The minimum absolute atomic E-state index is 0.206. The van der Waals surface area contributed by atoms with Crippen LogP contribution in [0.2, 0.25) is 0 Å². The number of halogens is 3. The van der Waals surface area contributed by atoms with E-state index in [1.54, 1.807) is 47.0 Å².